The normalized spacial score (nSPS) is 16.9. The van der Waals surface area contributed by atoms with Gasteiger partial charge in [0.25, 0.3) is 5.56 Å². The molecule has 2 fully saturated rings. The number of sulfonamides is 1. The Morgan fingerprint density at radius 1 is 0.970 bits per heavy atom. The van der Waals surface area contributed by atoms with Gasteiger partial charge in [-0.05, 0) is 62.2 Å². The number of ether oxygens (including phenoxy) is 2. The number of pyridine rings is 1. The molecule has 1 aliphatic carbocycles. The third kappa shape index (κ3) is 4.51. The predicted molar refractivity (Wildman–Crippen MR) is 125 cm³/mol. The predicted octanol–water partition coefficient (Wildman–Crippen LogP) is 4.39. The zero-order chi connectivity index (χ0) is 23.2. The Bertz CT molecular complexity index is 1340. The van der Waals surface area contributed by atoms with Gasteiger partial charge in [0.1, 0.15) is 23.4 Å². The number of aryl methyl sites for hydroxylation is 1. The summed E-state index contributed by atoms with van der Waals surface area (Å²) in [4.78, 5) is 12.5. The highest BCUT2D eigenvalue weighted by atomic mass is 35.5. The van der Waals surface area contributed by atoms with Gasteiger partial charge in [-0.25, -0.2) is 8.42 Å². The van der Waals surface area contributed by atoms with E-state index in [2.05, 4.69) is 0 Å². The van der Waals surface area contributed by atoms with Gasteiger partial charge in [0.05, 0.1) is 23.0 Å². The van der Waals surface area contributed by atoms with Gasteiger partial charge >= 0.3 is 0 Å². The molecule has 5 rings (SSSR count). The summed E-state index contributed by atoms with van der Waals surface area (Å²) < 4.78 is 40.6. The molecule has 1 aromatic heterocycles. The molecule has 0 bridgehead atoms. The van der Waals surface area contributed by atoms with E-state index >= 15 is 0 Å². The van der Waals surface area contributed by atoms with Crippen LogP contribution in [0.2, 0.25) is 5.02 Å². The standard InChI is InChI=1S/C24H23ClN2O5S/c1-16-12-19(13-24(28)27(16)17-6-7-17)31-20-14-26(15-20)33(29,30)21-10-8-18(9-11-21)32-23-5-3-2-4-22(23)25/h2-5,8-13,17,20H,6-7,14-15H2,1H3. The summed E-state index contributed by atoms with van der Waals surface area (Å²) in [5.41, 5.74) is 0.790. The van der Waals surface area contributed by atoms with Gasteiger partial charge in [-0.2, -0.15) is 4.31 Å². The molecule has 1 saturated carbocycles. The Morgan fingerprint density at radius 3 is 2.30 bits per heavy atom. The number of hydrogen-bond donors (Lipinski definition) is 0. The van der Waals surface area contributed by atoms with E-state index in [1.165, 1.54) is 22.5 Å². The summed E-state index contributed by atoms with van der Waals surface area (Å²) in [5.74, 6) is 1.47. The maximum absolute atomic E-state index is 12.9. The lowest BCUT2D eigenvalue weighted by atomic mass is 10.2. The van der Waals surface area contributed by atoms with E-state index in [0.717, 1.165) is 18.5 Å². The van der Waals surface area contributed by atoms with Crippen molar-refractivity contribution in [2.24, 2.45) is 0 Å². The van der Waals surface area contributed by atoms with Crippen LogP contribution in [-0.2, 0) is 10.0 Å². The molecule has 2 heterocycles. The van der Waals surface area contributed by atoms with Crippen molar-refractivity contribution in [3.63, 3.8) is 0 Å². The molecule has 33 heavy (non-hydrogen) atoms. The molecule has 1 aliphatic heterocycles. The second-order valence-electron chi connectivity index (χ2n) is 8.34. The van der Waals surface area contributed by atoms with Crippen LogP contribution in [0.25, 0.3) is 0 Å². The van der Waals surface area contributed by atoms with E-state index in [1.54, 1.807) is 34.9 Å². The van der Waals surface area contributed by atoms with Gasteiger partial charge in [0, 0.05) is 17.8 Å². The molecule has 0 N–H and O–H groups in total. The van der Waals surface area contributed by atoms with Crippen LogP contribution in [-0.4, -0.2) is 36.5 Å². The van der Waals surface area contributed by atoms with Crippen LogP contribution >= 0.6 is 11.6 Å². The van der Waals surface area contributed by atoms with Crippen LogP contribution in [0.15, 0.2) is 70.4 Å². The topological polar surface area (TPSA) is 77.8 Å². The minimum atomic E-state index is -3.65. The second-order valence-corrected chi connectivity index (χ2v) is 10.7. The first kappa shape index (κ1) is 22.0. The van der Waals surface area contributed by atoms with Crippen LogP contribution in [0, 0.1) is 6.92 Å². The highest BCUT2D eigenvalue weighted by Crippen LogP contribution is 2.35. The van der Waals surface area contributed by atoms with Gasteiger partial charge in [0.15, 0.2) is 0 Å². The summed E-state index contributed by atoms with van der Waals surface area (Å²) in [6.45, 7) is 2.35. The molecule has 3 aromatic rings. The SMILES string of the molecule is Cc1cc(OC2CN(S(=O)(=O)c3ccc(Oc4ccccc4Cl)cc3)C2)cc(=O)n1C1CC1. The van der Waals surface area contributed by atoms with Crippen molar-refractivity contribution in [1.82, 2.24) is 8.87 Å². The van der Waals surface area contributed by atoms with Crippen molar-refractivity contribution in [3.05, 3.63) is 81.7 Å². The van der Waals surface area contributed by atoms with E-state index in [0.29, 0.717) is 28.3 Å². The molecule has 2 aromatic carbocycles. The third-order valence-electron chi connectivity index (χ3n) is 5.79. The molecule has 0 spiro atoms. The Kier molecular flexibility index (Phi) is 5.68. The van der Waals surface area contributed by atoms with E-state index < -0.39 is 10.0 Å². The quantitative estimate of drug-likeness (QED) is 0.495. The van der Waals surface area contributed by atoms with Crippen molar-refractivity contribution in [2.45, 2.75) is 36.8 Å². The van der Waals surface area contributed by atoms with E-state index in [1.807, 2.05) is 19.1 Å². The van der Waals surface area contributed by atoms with Crippen molar-refractivity contribution in [3.8, 4) is 17.2 Å². The first-order valence-electron chi connectivity index (χ1n) is 10.7. The molecule has 2 aliphatic rings. The summed E-state index contributed by atoms with van der Waals surface area (Å²) in [6, 6.07) is 16.9. The van der Waals surface area contributed by atoms with Crippen molar-refractivity contribution >= 4 is 21.6 Å². The number of nitrogens with zero attached hydrogens (tertiary/aromatic N) is 2. The fourth-order valence-corrected chi connectivity index (χ4v) is 5.58. The fourth-order valence-electron chi connectivity index (χ4n) is 3.90. The van der Waals surface area contributed by atoms with Gasteiger partial charge in [0.2, 0.25) is 10.0 Å². The Hall–Kier alpha value is -2.81. The van der Waals surface area contributed by atoms with Crippen LogP contribution < -0.4 is 15.0 Å². The summed E-state index contributed by atoms with van der Waals surface area (Å²) in [6.07, 6.45) is 1.77. The van der Waals surface area contributed by atoms with Gasteiger partial charge in [-0.3, -0.25) is 4.79 Å². The molecule has 0 amide bonds. The highest BCUT2D eigenvalue weighted by molar-refractivity contribution is 7.89. The zero-order valence-corrected chi connectivity index (χ0v) is 19.6. The number of aromatic nitrogens is 1. The maximum Gasteiger partial charge on any atom is 0.254 e. The van der Waals surface area contributed by atoms with Crippen LogP contribution in [0.4, 0.5) is 0 Å². The third-order valence-corrected chi connectivity index (χ3v) is 7.95. The molecule has 7 nitrogen and oxygen atoms in total. The number of para-hydroxylation sites is 1. The van der Waals surface area contributed by atoms with Crippen molar-refractivity contribution < 1.29 is 17.9 Å². The Morgan fingerprint density at radius 2 is 1.67 bits per heavy atom. The molecule has 172 valence electrons. The largest absolute Gasteiger partial charge is 0.487 e. The monoisotopic (exact) mass is 486 g/mol. The summed E-state index contributed by atoms with van der Waals surface area (Å²) >= 11 is 6.10. The maximum atomic E-state index is 12.9. The van der Waals surface area contributed by atoms with Crippen molar-refractivity contribution in [2.75, 3.05) is 13.1 Å². The van der Waals surface area contributed by atoms with Gasteiger partial charge < -0.3 is 14.0 Å². The Labute approximate surface area is 197 Å². The minimum absolute atomic E-state index is 0.0737. The number of benzene rings is 2. The minimum Gasteiger partial charge on any atom is -0.487 e. The highest BCUT2D eigenvalue weighted by Gasteiger charge is 2.38. The first-order chi connectivity index (χ1) is 15.8. The second kappa shape index (κ2) is 8.52. The number of halogens is 1. The molecule has 0 radical (unpaired) electrons. The van der Waals surface area contributed by atoms with Gasteiger partial charge in [-0.1, -0.05) is 23.7 Å². The van der Waals surface area contributed by atoms with Gasteiger partial charge in [-0.15, -0.1) is 0 Å². The fraction of sp³-hybridized carbons (Fsp3) is 0.292. The molecule has 1 saturated heterocycles. The smallest absolute Gasteiger partial charge is 0.254 e. The molecular formula is C24H23ClN2O5S. The van der Waals surface area contributed by atoms with Crippen molar-refractivity contribution in [1.29, 1.82) is 0 Å². The van der Waals surface area contributed by atoms with E-state index in [4.69, 9.17) is 21.1 Å². The zero-order valence-electron chi connectivity index (χ0n) is 18.0. The molecule has 9 heteroatoms. The van der Waals surface area contributed by atoms with E-state index in [9.17, 15) is 13.2 Å². The summed E-state index contributed by atoms with van der Waals surface area (Å²) in [7, 11) is -3.65. The lowest BCUT2D eigenvalue weighted by Crippen LogP contribution is -2.56. The average Bonchev–Trinajstić information content (AvgIpc) is 3.57. The first-order valence-corrected chi connectivity index (χ1v) is 12.6. The number of rotatable bonds is 7. The molecule has 0 atom stereocenters. The lowest BCUT2D eigenvalue weighted by molar-refractivity contribution is 0.0758. The Balaban J connectivity index is 1.21. The lowest BCUT2D eigenvalue weighted by Gasteiger charge is -2.37. The average molecular weight is 487 g/mol. The summed E-state index contributed by atoms with van der Waals surface area (Å²) in [5, 5.41) is 0.473. The van der Waals surface area contributed by atoms with Crippen LogP contribution in [0.5, 0.6) is 17.2 Å². The van der Waals surface area contributed by atoms with Crippen LogP contribution in [0.3, 0.4) is 0 Å². The van der Waals surface area contributed by atoms with E-state index in [-0.39, 0.29) is 29.6 Å². The molecule has 0 unspecified atom stereocenters. The van der Waals surface area contributed by atoms with Crippen LogP contribution in [0.1, 0.15) is 24.6 Å². The number of hydrogen-bond acceptors (Lipinski definition) is 5. The molecular weight excluding hydrogens is 464 g/mol.